The van der Waals surface area contributed by atoms with Crippen LogP contribution in [-0.2, 0) is 23.9 Å². The number of carbonyl (C=O) groups excluding carboxylic acids is 2. The lowest BCUT2D eigenvalue weighted by Crippen LogP contribution is -2.27. The maximum atomic E-state index is 11.8. The topological polar surface area (TPSA) is 102 Å². The van der Waals surface area contributed by atoms with Gasteiger partial charge in [-0.3, -0.25) is 14.4 Å². The smallest absolute Gasteiger partial charge is 0.303 e. The quantitative estimate of drug-likeness (QED) is 0.142. The van der Waals surface area contributed by atoms with E-state index >= 15 is 0 Å². The minimum Gasteiger partial charge on any atom is -0.481 e. The van der Waals surface area contributed by atoms with Gasteiger partial charge in [-0.1, -0.05) is 89.9 Å². The molecule has 0 spiro atoms. The van der Waals surface area contributed by atoms with E-state index in [0.717, 1.165) is 25.7 Å². The number of amides is 1. The maximum absolute atomic E-state index is 11.8. The number of rotatable bonds is 27. The van der Waals surface area contributed by atoms with Crippen molar-refractivity contribution in [3.05, 3.63) is 0 Å². The van der Waals surface area contributed by atoms with Crippen LogP contribution in [0.15, 0.2) is 0 Å². The number of unbranched alkanes of at least 4 members (excludes halogenated alkanes) is 15. The van der Waals surface area contributed by atoms with E-state index in [1.807, 2.05) is 0 Å². The summed E-state index contributed by atoms with van der Waals surface area (Å²) in [5.74, 6) is -0.578. The molecule has 0 aliphatic rings. The van der Waals surface area contributed by atoms with Gasteiger partial charge in [0.1, 0.15) is 6.61 Å². The van der Waals surface area contributed by atoms with Gasteiger partial charge in [0, 0.05) is 19.4 Å². The minimum absolute atomic E-state index is 0.00503. The van der Waals surface area contributed by atoms with Crippen LogP contribution < -0.4 is 5.32 Å². The standard InChI is InChI=1S/C27H51NO6/c1-25(29)24-34-23-22-33-21-20-28-26(30)18-16-14-12-10-8-6-4-2-3-5-7-9-11-13-15-17-19-27(31)32/h2-24H2,1H3,(H,28,30)(H,31,32). The van der Waals surface area contributed by atoms with Crippen LogP contribution in [-0.4, -0.2) is 55.7 Å². The maximum Gasteiger partial charge on any atom is 0.303 e. The number of aliphatic carboxylic acids is 1. The van der Waals surface area contributed by atoms with Crippen molar-refractivity contribution in [2.75, 3.05) is 33.0 Å². The fourth-order valence-electron chi connectivity index (χ4n) is 3.82. The Morgan fingerprint density at radius 3 is 1.44 bits per heavy atom. The van der Waals surface area contributed by atoms with Crippen LogP contribution in [0.25, 0.3) is 0 Å². The molecule has 0 aliphatic carbocycles. The van der Waals surface area contributed by atoms with Crippen LogP contribution in [0.1, 0.15) is 122 Å². The molecule has 2 N–H and O–H groups in total. The van der Waals surface area contributed by atoms with Gasteiger partial charge in [-0.05, 0) is 19.8 Å². The van der Waals surface area contributed by atoms with Crippen LogP contribution in [0.2, 0.25) is 0 Å². The molecule has 7 heteroatoms. The third-order valence-corrected chi connectivity index (χ3v) is 5.79. The molecule has 200 valence electrons. The van der Waals surface area contributed by atoms with Crippen LogP contribution in [0.4, 0.5) is 0 Å². The van der Waals surface area contributed by atoms with Crippen LogP contribution in [0, 0.1) is 0 Å². The average Bonchev–Trinajstić information content (AvgIpc) is 2.79. The van der Waals surface area contributed by atoms with Crippen molar-refractivity contribution in [2.45, 2.75) is 122 Å². The fourth-order valence-corrected chi connectivity index (χ4v) is 3.82. The highest BCUT2D eigenvalue weighted by Gasteiger charge is 2.01. The molecule has 0 bridgehead atoms. The number of carbonyl (C=O) groups is 3. The van der Waals surface area contributed by atoms with E-state index in [9.17, 15) is 14.4 Å². The molecule has 0 aromatic heterocycles. The Morgan fingerprint density at radius 2 is 1.00 bits per heavy atom. The molecule has 0 rings (SSSR count). The summed E-state index contributed by atoms with van der Waals surface area (Å²) >= 11 is 0. The highest BCUT2D eigenvalue weighted by atomic mass is 16.5. The van der Waals surface area contributed by atoms with Gasteiger partial charge in [-0.2, -0.15) is 0 Å². The lowest BCUT2D eigenvalue weighted by molar-refractivity contribution is -0.137. The molecular weight excluding hydrogens is 434 g/mol. The first-order valence-corrected chi connectivity index (χ1v) is 13.7. The van der Waals surface area contributed by atoms with Gasteiger partial charge in [-0.15, -0.1) is 0 Å². The summed E-state index contributed by atoms with van der Waals surface area (Å²) in [5.41, 5.74) is 0. The highest BCUT2D eigenvalue weighted by molar-refractivity contribution is 5.76. The molecule has 0 heterocycles. The third-order valence-electron chi connectivity index (χ3n) is 5.79. The lowest BCUT2D eigenvalue weighted by Gasteiger charge is -2.07. The van der Waals surface area contributed by atoms with E-state index in [2.05, 4.69) is 5.32 Å². The minimum atomic E-state index is -0.676. The number of carboxylic acids is 1. The van der Waals surface area contributed by atoms with Crippen LogP contribution in [0.5, 0.6) is 0 Å². The Balaban J connectivity index is 3.15. The van der Waals surface area contributed by atoms with E-state index in [0.29, 0.717) is 39.2 Å². The zero-order chi connectivity index (χ0) is 25.1. The Hall–Kier alpha value is -1.47. The monoisotopic (exact) mass is 485 g/mol. The van der Waals surface area contributed by atoms with Crippen molar-refractivity contribution >= 4 is 17.7 Å². The molecule has 0 aromatic rings. The van der Waals surface area contributed by atoms with Crippen molar-refractivity contribution in [2.24, 2.45) is 0 Å². The number of carboxylic acid groups (broad SMARTS) is 1. The van der Waals surface area contributed by atoms with Gasteiger partial charge in [0.2, 0.25) is 5.91 Å². The van der Waals surface area contributed by atoms with E-state index in [4.69, 9.17) is 14.6 Å². The highest BCUT2D eigenvalue weighted by Crippen LogP contribution is 2.14. The summed E-state index contributed by atoms with van der Waals surface area (Å²) in [7, 11) is 0. The van der Waals surface area contributed by atoms with E-state index in [1.165, 1.54) is 84.0 Å². The zero-order valence-electron chi connectivity index (χ0n) is 21.8. The first-order valence-electron chi connectivity index (χ1n) is 13.7. The zero-order valence-corrected chi connectivity index (χ0v) is 21.8. The molecule has 0 radical (unpaired) electrons. The second-order valence-corrected chi connectivity index (χ2v) is 9.27. The van der Waals surface area contributed by atoms with Crippen molar-refractivity contribution in [1.29, 1.82) is 0 Å². The molecule has 0 atom stereocenters. The summed E-state index contributed by atoms with van der Waals surface area (Å²) in [6.07, 6.45) is 20.3. The molecule has 7 nitrogen and oxygen atoms in total. The normalized spacial score (nSPS) is 11.0. The molecule has 0 aromatic carbocycles. The van der Waals surface area contributed by atoms with E-state index < -0.39 is 5.97 Å². The Bertz CT molecular complexity index is 498. The lowest BCUT2D eigenvalue weighted by atomic mass is 10.0. The molecule has 1 amide bonds. The second-order valence-electron chi connectivity index (χ2n) is 9.27. The molecule has 0 unspecified atom stereocenters. The Morgan fingerprint density at radius 1 is 0.588 bits per heavy atom. The number of ether oxygens (including phenoxy) is 2. The molecular formula is C27H51NO6. The summed E-state index contributed by atoms with van der Waals surface area (Å²) in [5, 5.41) is 11.5. The number of hydrogen-bond donors (Lipinski definition) is 2. The predicted molar refractivity (Wildman–Crippen MR) is 136 cm³/mol. The first kappa shape index (κ1) is 32.5. The number of Topliss-reactive ketones (excluding diaryl/α,β-unsaturated/α-hetero) is 1. The Labute approximate surface area is 207 Å². The van der Waals surface area contributed by atoms with Crippen molar-refractivity contribution in [3.63, 3.8) is 0 Å². The van der Waals surface area contributed by atoms with E-state index in [1.54, 1.807) is 0 Å². The first-order chi connectivity index (χ1) is 16.5. The van der Waals surface area contributed by atoms with Gasteiger partial charge in [0.25, 0.3) is 0 Å². The molecule has 0 fully saturated rings. The van der Waals surface area contributed by atoms with E-state index in [-0.39, 0.29) is 18.3 Å². The molecule has 0 aliphatic heterocycles. The summed E-state index contributed by atoms with van der Waals surface area (Å²) in [6.45, 7) is 3.42. The summed E-state index contributed by atoms with van der Waals surface area (Å²) < 4.78 is 10.4. The average molecular weight is 486 g/mol. The summed E-state index contributed by atoms with van der Waals surface area (Å²) in [6, 6.07) is 0. The fraction of sp³-hybridized carbons (Fsp3) is 0.889. The van der Waals surface area contributed by atoms with Gasteiger partial charge in [0.15, 0.2) is 5.78 Å². The van der Waals surface area contributed by atoms with Gasteiger partial charge in [-0.25, -0.2) is 0 Å². The molecule has 0 saturated carbocycles. The largest absolute Gasteiger partial charge is 0.481 e. The number of nitrogens with one attached hydrogen (secondary N) is 1. The third kappa shape index (κ3) is 28.6. The van der Waals surface area contributed by atoms with Crippen LogP contribution >= 0.6 is 0 Å². The molecule has 0 saturated heterocycles. The van der Waals surface area contributed by atoms with Crippen molar-refractivity contribution in [1.82, 2.24) is 5.32 Å². The van der Waals surface area contributed by atoms with Gasteiger partial charge in [0.05, 0.1) is 19.8 Å². The van der Waals surface area contributed by atoms with Gasteiger partial charge < -0.3 is 19.9 Å². The predicted octanol–water partition coefficient (Wildman–Crippen LogP) is 5.83. The number of hydrogen-bond acceptors (Lipinski definition) is 5. The van der Waals surface area contributed by atoms with Gasteiger partial charge >= 0.3 is 5.97 Å². The van der Waals surface area contributed by atoms with Crippen molar-refractivity contribution in [3.8, 4) is 0 Å². The van der Waals surface area contributed by atoms with Crippen LogP contribution in [0.3, 0.4) is 0 Å². The Kier molecular flexibility index (Phi) is 25.0. The molecule has 34 heavy (non-hydrogen) atoms. The second kappa shape index (κ2) is 26.1. The summed E-state index contributed by atoms with van der Waals surface area (Å²) in [4.78, 5) is 32.9. The SMILES string of the molecule is CC(=O)COCCOCCNC(=O)CCCCCCCCCCCCCCCCCCC(=O)O. The number of ketones is 1. The van der Waals surface area contributed by atoms with Crippen molar-refractivity contribution < 1.29 is 29.0 Å².